The lowest BCUT2D eigenvalue weighted by atomic mass is 10.0. The predicted molar refractivity (Wildman–Crippen MR) is 108 cm³/mol. The van der Waals surface area contributed by atoms with Gasteiger partial charge in [-0.1, -0.05) is 25.4 Å². The molecule has 0 aliphatic heterocycles. The molecule has 1 unspecified atom stereocenters. The molecular weight excluding hydrogens is 399 g/mol. The van der Waals surface area contributed by atoms with Crippen LogP contribution in [0.1, 0.15) is 30.9 Å². The van der Waals surface area contributed by atoms with E-state index in [0.29, 0.717) is 16.3 Å². The van der Waals surface area contributed by atoms with Crippen LogP contribution in [0.2, 0.25) is 5.02 Å². The van der Waals surface area contributed by atoms with Gasteiger partial charge >= 0.3 is 5.76 Å². The summed E-state index contributed by atoms with van der Waals surface area (Å²) in [5.41, 5.74) is 2.27. The van der Waals surface area contributed by atoms with Crippen molar-refractivity contribution in [2.75, 3.05) is 6.61 Å². The predicted octanol–water partition coefficient (Wildman–Crippen LogP) is 4.17. The first kappa shape index (κ1) is 21.1. The lowest BCUT2D eigenvalue weighted by Gasteiger charge is -2.18. The van der Waals surface area contributed by atoms with Crippen molar-refractivity contribution in [2.24, 2.45) is 0 Å². The monoisotopic (exact) mass is 420 g/mol. The second-order valence-electron chi connectivity index (χ2n) is 7.12. The van der Waals surface area contributed by atoms with Crippen LogP contribution in [0.5, 0.6) is 5.75 Å². The van der Waals surface area contributed by atoms with E-state index in [0.717, 1.165) is 15.8 Å². The first-order valence-electron chi connectivity index (χ1n) is 9.19. The fraction of sp³-hybridized carbons (Fsp3) is 0.333. The van der Waals surface area contributed by atoms with E-state index in [4.69, 9.17) is 20.8 Å². The van der Waals surface area contributed by atoms with Crippen LogP contribution in [0, 0.1) is 12.7 Å². The SMILES string of the molecule is Cc1cc(OCC(O)Cn2nc(-c3ccc(F)cc3)oc2=O)c(C(C)C)cc1Cl. The largest absolute Gasteiger partial charge is 0.491 e. The van der Waals surface area contributed by atoms with Gasteiger partial charge in [-0.2, -0.15) is 4.68 Å². The molecule has 29 heavy (non-hydrogen) atoms. The summed E-state index contributed by atoms with van der Waals surface area (Å²) in [6.07, 6.45) is -0.991. The van der Waals surface area contributed by atoms with Crippen molar-refractivity contribution < 1.29 is 18.7 Å². The highest BCUT2D eigenvalue weighted by molar-refractivity contribution is 6.31. The lowest BCUT2D eigenvalue weighted by Crippen LogP contribution is -2.29. The minimum atomic E-state index is -0.991. The van der Waals surface area contributed by atoms with Gasteiger partial charge in [0.15, 0.2) is 0 Å². The molecule has 0 fully saturated rings. The van der Waals surface area contributed by atoms with Crippen LogP contribution in [-0.2, 0) is 6.54 Å². The van der Waals surface area contributed by atoms with Crippen molar-refractivity contribution in [2.45, 2.75) is 39.3 Å². The van der Waals surface area contributed by atoms with Gasteiger partial charge in [0, 0.05) is 10.6 Å². The van der Waals surface area contributed by atoms with Crippen molar-refractivity contribution in [3.8, 4) is 17.2 Å². The molecule has 1 aromatic heterocycles. The first-order valence-corrected chi connectivity index (χ1v) is 9.57. The van der Waals surface area contributed by atoms with Gasteiger partial charge in [0.1, 0.15) is 24.3 Å². The summed E-state index contributed by atoms with van der Waals surface area (Å²) in [5, 5.41) is 15.0. The van der Waals surface area contributed by atoms with E-state index in [1.165, 1.54) is 24.3 Å². The smallest absolute Gasteiger partial charge is 0.437 e. The van der Waals surface area contributed by atoms with E-state index in [9.17, 15) is 14.3 Å². The van der Waals surface area contributed by atoms with Crippen LogP contribution in [-0.4, -0.2) is 27.6 Å². The van der Waals surface area contributed by atoms with E-state index < -0.39 is 17.7 Å². The highest BCUT2D eigenvalue weighted by Gasteiger charge is 2.16. The van der Waals surface area contributed by atoms with Crippen LogP contribution >= 0.6 is 11.6 Å². The van der Waals surface area contributed by atoms with Crippen molar-refractivity contribution in [3.63, 3.8) is 0 Å². The number of aliphatic hydroxyl groups excluding tert-OH is 1. The lowest BCUT2D eigenvalue weighted by molar-refractivity contribution is 0.0869. The molecule has 0 spiro atoms. The summed E-state index contributed by atoms with van der Waals surface area (Å²) in [7, 11) is 0. The van der Waals surface area contributed by atoms with E-state index in [2.05, 4.69) is 5.10 Å². The highest BCUT2D eigenvalue weighted by atomic mass is 35.5. The van der Waals surface area contributed by atoms with E-state index in [1.807, 2.05) is 32.9 Å². The van der Waals surface area contributed by atoms with E-state index in [1.54, 1.807) is 0 Å². The van der Waals surface area contributed by atoms with Crippen LogP contribution in [0.25, 0.3) is 11.5 Å². The standard InChI is InChI=1S/C21H22ClFN2O4/c1-12(2)17-9-18(22)13(3)8-19(17)28-11-16(26)10-25-21(27)29-20(24-25)14-4-6-15(23)7-5-14/h4-9,12,16,26H,10-11H2,1-3H3. The third-order valence-corrected chi connectivity index (χ3v) is 4.83. The zero-order valence-corrected chi connectivity index (χ0v) is 17.1. The van der Waals surface area contributed by atoms with Gasteiger partial charge < -0.3 is 14.3 Å². The Bertz CT molecular complexity index is 1040. The maximum atomic E-state index is 13.0. The molecule has 2 aromatic carbocycles. The van der Waals surface area contributed by atoms with Gasteiger partial charge in [0.25, 0.3) is 0 Å². The summed E-state index contributed by atoms with van der Waals surface area (Å²) in [4.78, 5) is 12.0. The minimum absolute atomic E-state index is 0.0357. The minimum Gasteiger partial charge on any atom is -0.491 e. The molecule has 1 atom stereocenters. The quantitative estimate of drug-likeness (QED) is 0.620. The summed E-state index contributed by atoms with van der Waals surface area (Å²) in [6.45, 7) is 5.78. The summed E-state index contributed by atoms with van der Waals surface area (Å²) in [6, 6.07) is 9.11. The number of ether oxygens (including phenoxy) is 1. The van der Waals surface area contributed by atoms with Crippen LogP contribution < -0.4 is 10.5 Å². The average Bonchev–Trinajstić information content (AvgIpc) is 3.03. The molecule has 0 aliphatic carbocycles. The second-order valence-corrected chi connectivity index (χ2v) is 7.53. The average molecular weight is 421 g/mol. The van der Waals surface area contributed by atoms with E-state index >= 15 is 0 Å². The maximum Gasteiger partial charge on any atom is 0.437 e. The molecule has 0 saturated heterocycles. The maximum absolute atomic E-state index is 13.0. The van der Waals surface area contributed by atoms with Gasteiger partial charge in [-0.25, -0.2) is 9.18 Å². The molecule has 0 bridgehead atoms. The van der Waals surface area contributed by atoms with Crippen LogP contribution in [0.15, 0.2) is 45.6 Å². The van der Waals surface area contributed by atoms with Gasteiger partial charge in [0.2, 0.25) is 5.89 Å². The zero-order chi connectivity index (χ0) is 21.1. The molecule has 1 N–H and O–H groups in total. The molecule has 0 radical (unpaired) electrons. The number of hydrogen-bond donors (Lipinski definition) is 1. The summed E-state index contributed by atoms with van der Waals surface area (Å²) < 4.78 is 24.9. The van der Waals surface area contributed by atoms with Crippen molar-refractivity contribution in [1.82, 2.24) is 9.78 Å². The van der Waals surface area contributed by atoms with Gasteiger partial charge in [0.05, 0.1) is 6.54 Å². The topological polar surface area (TPSA) is 77.5 Å². The summed E-state index contributed by atoms with van der Waals surface area (Å²) in [5.74, 6) is -0.231. The molecule has 3 rings (SSSR count). The van der Waals surface area contributed by atoms with Crippen molar-refractivity contribution in [3.05, 3.63) is 68.9 Å². The number of benzene rings is 2. The highest BCUT2D eigenvalue weighted by Crippen LogP contribution is 2.32. The Kier molecular flexibility index (Phi) is 6.39. The Morgan fingerprint density at radius 1 is 1.28 bits per heavy atom. The molecule has 0 aliphatic rings. The number of aliphatic hydroxyl groups is 1. The van der Waals surface area contributed by atoms with Gasteiger partial charge in [-0.3, -0.25) is 0 Å². The van der Waals surface area contributed by atoms with E-state index in [-0.39, 0.29) is 25.0 Å². The molecule has 3 aromatic rings. The fourth-order valence-electron chi connectivity index (χ4n) is 2.82. The summed E-state index contributed by atoms with van der Waals surface area (Å²) >= 11 is 6.20. The Morgan fingerprint density at radius 2 is 1.97 bits per heavy atom. The Labute approximate surface area is 172 Å². The first-order chi connectivity index (χ1) is 13.7. The number of rotatable bonds is 7. The molecule has 154 valence electrons. The molecular formula is C21H22ClFN2O4. The number of aromatic nitrogens is 2. The van der Waals surface area contributed by atoms with Crippen molar-refractivity contribution >= 4 is 11.6 Å². The number of halogens is 2. The number of hydrogen-bond acceptors (Lipinski definition) is 5. The number of aryl methyl sites for hydroxylation is 1. The van der Waals surface area contributed by atoms with Crippen molar-refractivity contribution in [1.29, 1.82) is 0 Å². The molecule has 0 amide bonds. The Hall–Kier alpha value is -2.64. The molecule has 8 heteroatoms. The molecule has 6 nitrogen and oxygen atoms in total. The second kappa shape index (κ2) is 8.80. The molecule has 0 saturated carbocycles. The normalized spacial score (nSPS) is 12.4. The van der Waals surface area contributed by atoms with Crippen LogP contribution in [0.3, 0.4) is 0 Å². The third kappa shape index (κ3) is 5.05. The van der Waals surface area contributed by atoms with Crippen LogP contribution in [0.4, 0.5) is 4.39 Å². The molecule has 1 heterocycles. The Morgan fingerprint density at radius 3 is 2.62 bits per heavy atom. The zero-order valence-electron chi connectivity index (χ0n) is 16.4. The third-order valence-electron chi connectivity index (χ3n) is 4.43. The Balaban J connectivity index is 1.69. The fourth-order valence-corrected chi connectivity index (χ4v) is 2.99. The number of nitrogens with zero attached hydrogens (tertiary/aromatic N) is 2. The van der Waals surface area contributed by atoms with Gasteiger partial charge in [-0.05, 0) is 60.4 Å². The van der Waals surface area contributed by atoms with Gasteiger partial charge in [-0.15, -0.1) is 5.10 Å².